The Morgan fingerprint density at radius 2 is 2.24 bits per heavy atom. The van der Waals surface area contributed by atoms with Gasteiger partial charge in [0.25, 0.3) is 5.56 Å². The fourth-order valence-electron chi connectivity index (χ4n) is 2.24. The molecule has 0 spiro atoms. The number of H-pyrrole nitrogens is 1. The topological polar surface area (TPSA) is 112 Å². The Balaban J connectivity index is 1.96. The van der Waals surface area contributed by atoms with E-state index in [0.717, 1.165) is 10.1 Å². The van der Waals surface area contributed by atoms with Crippen molar-refractivity contribution in [3.63, 3.8) is 0 Å². The lowest BCUT2D eigenvalue weighted by Gasteiger charge is -2.09. The SMILES string of the molecule is Cn1c(O)c(C2=NN[C@H](c3cccnc3)C2)c(=O)[nH]c1=O. The Kier molecular flexibility index (Phi) is 3.05. The van der Waals surface area contributed by atoms with Crippen molar-refractivity contribution in [3.8, 4) is 5.88 Å². The van der Waals surface area contributed by atoms with E-state index in [1.807, 2.05) is 12.1 Å². The number of nitrogens with one attached hydrogen (secondary N) is 2. The van der Waals surface area contributed by atoms with Crippen LogP contribution < -0.4 is 16.7 Å². The number of rotatable bonds is 2. The highest BCUT2D eigenvalue weighted by atomic mass is 16.3. The van der Waals surface area contributed by atoms with Gasteiger partial charge in [-0.2, -0.15) is 5.10 Å². The van der Waals surface area contributed by atoms with Crippen LogP contribution in [0.15, 0.2) is 39.2 Å². The first kappa shape index (κ1) is 13.1. The number of nitrogens with zero attached hydrogens (tertiary/aromatic N) is 3. The van der Waals surface area contributed by atoms with E-state index >= 15 is 0 Å². The molecule has 1 aliphatic heterocycles. The van der Waals surface area contributed by atoms with Gasteiger partial charge in [0, 0.05) is 25.9 Å². The summed E-state index contributed by atoms with van der Waals surface area (Å²) in [7, 11) is 1.37. The van der Waals surface area contributed by atoms with Crippen molar-refractivity contribution < 1.29 is 5.11 Å². The highest BCUT2D eigenvalue weighted by Crippen LogP contribution is 2.24. The Labute approximate surface area is 118 Å². The average Bonchev–Trinajstić information content (AvgIpc) is 2.95. The number of hydrogen-bond donors (Lipinski definition) is 3. The van der Waals surface area contributed by atoms with E-state index in [2.05, 4.69) is 20.5 Å². The third-order valence-corrected chi connectivity index (χ3v) is 3.42. The third kappa shape index (κ3) is 2.20. The van der Waals surface area contributed by atoms with Crippen molar-refractivity contribution >= 4 is 5.71 Å². The van der Waals surface area contributed by atoms with Crippen molar-refractivity contribution in [1.82, 2.24) is 20.0 Å². The summed E-state index contributed by atoms with van der Waals surface area (Å²) < 4.78 is 0.969. The van der Waals surface area contributed by atoms with Gasteiger partial charge in [0.05, 0.1) is 11.8 Å². The number of aromatic amines is 1. The molecule has 2 aromatic heterocycles. The molecule has 8 nitrogen and oxygen atoms in total. The second-order valence-electron chi connectivity index (χ2n) is 4.75. The van der Waals surface area contributed by atoms with Crippen LogP contribution in [0.25, 0.3) is 0 Å². The van der Waals surface area contributed by atoms with Crippen molar-refractivity contribution in [2.75, 3.05) is 0 Å². The molecule has 3 heterocycles. The summed E-state index contributed by atoms with van der Waals surface area (Å²) in [4.78, 5) is 29.5. The maximum atomic E-state index is 11.9. The number of hydrazone groups is 1. The van der Waals surface area contributed by atoms with Crippen LogP contribution in [0.4, 0.5) is 0 Å². The molecule has 0 saturated heterocycles. The average molecular weight is 287 g/mol. The van der Waals surface area contributed by atoms with Gasteiger partial charge in [-0.3, -0.25) is 19.3 Å². The van der Waals surface area contributed by atoms with Gasteiger partial charge in [0.15, 0.2) is 0 Å². The van der Waals surface area contributed by atoms with Crippen LogP contribution in [-0.4, -0.2) is 25.4 Å². The highest BCUT2D eigenvalue weighted by molar-refractivity contribution is 6.03. The minimum Gasteiger partial charge on any atom is -0.494 e. The Morgan fingerprint density at radius 1 is 1.43 bits per heavy atom. The zero-order valence-electron chi connectivity index (χ0n) is 11.2. The largest absolute Gasteiger partial charge is 0.494 e. The van der Waals surface area contributed by atoms with Crippen molar-refractivity contribution in [1.29, 1.82) is 0 Å². The van der Waals surface area contributed by atoms with Gasteiger partial charge in [0.1, 0.15) is 5.56 Å². The molecule has 21 heavy (non-hydrogen) atoms. The molecule has 1 aliphatic rings. The van der Waals surface area contributed by atoms with Gasteiger partial charge < -0.3 is 10.5 Å². The smallest absolute Gasteiger partial charge is 0.330 e. The van der Waals surface area contributed by atoms with E-state index in [9.17, 15) is 14.7 Å². The van der Waals surface area contributed by atoms with E-state index < -0.39 is 17.1 Å². The molecule has 0 saturated carbocycles. The number of aromatic nitrogens is 3. The molecule has 3 N–H and O–H groups in total. The normalized spacial score (nSPS) is 17.4. The van der Waals surface area contributed by atoms with Gasteiger partial charge in [-0.1, -0.05) is 6.07 Å². The van der Waals surface area contributed by atoms with E-state index in [1.54, 1.807) is 12.4 Å². The summed E-state index contributed by atoms with van der Waals surface area (Å²) >= 11 is 0. The second-order valence-corrected chi connectivity index (χ2v) is 4.75. The molecule has 0 radical (unpaired) electrons. The maximum absolute atomic E-state index is 11.9. The summed E-state index contributed by atoms with van der Waals surface area (Å²) in [5, 5.41) is 14.1. The summed E-state index contributed by atoms with van der Waals surface area (Å²) in [6.07, 6.45) is 3.80. The second kappa shape index (κ2) is 4.89. The minimum absolute atomic E-state index is 0.0102. The Hall–Kier alpha value is -2.90. The lowest BCUT2D eigenvalue weighted by molar-refractivity contribution is 0.416. The molecule has 1 atom stereocenters. The molecule has 8 heteroatoms. The minimum atomic E-state index is -0.670. The van der Waals surface area contributed by atoms with Gasteiger partial charge in [-0.25, -0.2) is 4.79 Å². The molecular weight excluding hydrogens is 274 g/mol. The van der Waals surface area contributed by atoms with E-state index in [1.165, 1.54) is 7.05 Å². The summed E-state index contributed by atoms with van der Waals surface area (Å²) in [5.74, 6) is -0.392. The molecule has 0 bridgehead atoms. The molecule has 0 amide bonds. The summed E-state index contributed by atoms with van der Waals surface area (Å²) in [5.41, 5.74) is 2.93. The van der Waals surface area contributed by atoms with Crippen molar-refractivity contribution in [3.05, 3.63) is 56.5 Å². The molecule has 3 rings (SSSR count). The standard InChI is InChI=1S/C13H13N5O3/c1-18-12(20)10(11(19)15-13(18)21)9-5-8(16-17-9)7-3-2-4-14-6-7/h2-4,6,8,16,20H,5H2,1H3,(H,15,19,21)/t8-/m0/s1. The number of hydrogen-bond acceptors (Lipinski definition) is 6. The lowest BCUT2D eigenvalue weighted by Crippen LogP contribution is -2.32. The monoisotopic (exact) mass is 287 g/mol. The van der Waals surface area contributed by atoms with Gasteiger partial charge >= 0.3 is 5.69 Å². The predicted octanol–water partition coefficient (Wildman–Crippen LogP) is -0.387. The van der Waals surface area contributed by atoms with Crippen LogP contribution in [0.1, 0.15) is 23.6 Å². The first-order chi connectivity index (χ1) is 10.1. The summed E-state index contributed by atoms with van der Waals surface area (Å²) in [6, 6.07) is 3.59. The molecule has 0 aliphatic carbocycles. The van der Waals surface area contributed by atoms with E-state index in [4.69, 9.17) is 0 Å². The summed E-state index contributed by atoms with van der Waals surface area (Å²) in [6.45, 7) is 0. The first-order valence-corrected chi connectivity index (χ1v) is 6.32. The first-order valence-electron chi connectivity index (χ1n) is 6.32. The molecule has 2 aromatic rings. The van der Waals surface area contributed by atoms with Crippen molar-refractivity contribution in [2.24, 2.45) is 12.1 Å². The Bertz CT molecular complexity index is 822. The fraction of sp³-hybridized carbons (Fsp3) is 0.231. The van der Waals surface area contributed by atoms with Crippen LogP contribution in [0.2, 0.25) is 0 Å². The zero-order valence-corrected chi connectivity index (χ0v) is 11.2. The van der Waals surface area contributed by atoms with Crippen LogP contribution >= 0.6 is 0 Å². The van der Waals surface area contributed by atoms with Crippen molar-refractivity contribution in [2.45, 2.75) is 12.5 Å². The molecule has 0 unspecified atom stereocenters. The molecule has 0 fully saturated rings. The fourth-order valence-corrected chi connectivity index (χ4v) is 2.24. The molecule has 0 aromatic carbocycles. The van der Waals surface area contributed by atoms with E-state index in [0.29, 0.717) is 12.1 Å². The maximum Gasteiger partial charge on any atom is 0.330 e. The molecular formula is C13H13N5O3. The van der Waals surface area contributed by atoms with E-state index in [-0.39, 0.29) is 11.6 Å². The van der Waals surface area contributed by atoms with Gasteiger partial charge in [-0.05, 0) is 11.6 Å². The lowest BCUT2D eigenvalue weighted by atomic mass is 10.0. The number of pyridine rings is 1. The highest BCUT2D eigenvalue weighted by Gasteiger charge is 2.26. The predicted molar refractivity (Wildman–Crippen MR) is 75.2 cm³/mol. The zero-order chi connectivity index (χ0) is 15.0. The van der Waals surface area contributed by atoms with Gasteiger partial charge in [0.2, 0.25) is 5.88 Å². The van der Waals surface area contributed by atoms with Gasteiger partial charge in [-0.15, -0.1) is 0 Å². The quantitative estimate of drug-likeness (QED) is 0.696. The van der Waals surface area contributed by atoms with Crippen LogP contribution in [0.5, 0.6) is 5.88 Å². The van der Waals surface area contributed by atoms with Crippen LogP contribution in [0, 0.1) is 0 Å². The third-order valence-electron chi connectivity index (χ3n) is 3.42. The van der Waals surface area contributed by atoms with Crippen LogP contribution in [0.3, 0.4) is 0 Å². The Morgan fingerprint density at radius 3 is 2.95 bits per heavy atom. The van der Waals surface area contributed by atoms with Crippen LogP contribution in [-0.2, 0) is 7.05 Å². The number of aromatic hydroxyl groups is 1. The molecule has 108 valence electrons.